The van der Waals surface area contributed by atoms with E-state index in [4.69, 9.17) is 11.6 Å². The van der Waals surface area contributed by atoms with Gasteiger partial charge in [-0.15, -0.1) is 0 Å². The number of carboxylic acids is 1. The van der Waals surface area contributed by atoms with Crippen LogP contribution in [0.5, 0.6) is 0 Å². The zero-order valence-corrected chi connectivity index (χ0v) is 10.3. The van der Waals surface area contributed by atoms with Crippen LogP contribution in [0.15, 0.2) is 0 Å². The summed E-state index contributed by atoms with van der Waals surface area (Å²) in [5, 5.41) is 14.0. The van der Waals surface area contributed by atoms with Crippen molar-refractivity contribution in [1.82, 2.24) is 9.78 Å². The van der Waals surface area contributed by atoms with E-state index in [0.29, 0.717) is 22.8 Å². The SMILES string of the molecule is O=C(O)c1c(C2CC2)nn(C2CCCC2)c1Cl. The van der Waals surface area contributed by atoms with Crippen LogP contribution in [0.4, 0.5) is 0 Å². The third-order valence-electron chi connectivity index (χ3n) is 3.73. The highest BCUT2D eigenvalue weighted by Crippen LogP contribution is 2.44. The second-order valence-electron chi connectivity index (χ2n) is 5.01. The molecule has 17 heavy (non-hydrogen) atoms. The lowest BCUT2D eigenvalue weighted by atomic mass is 10.2. The summed E-state index contributed by atoms with van der Waals surface area (Å²) in [6.07, 6.45) is 6.57. The van der Waals surface area contributed by atoms with E-state index < -0.39 is 5.97 Å². The third kappa shape index (κ3) is 1.84. The first kappa shape index (κ1) is 11.1. The molecule has 0 aromatic carbocycles. The lowest BCUT2D eigenvalue weighted by Gasteiger charge is -2.10. The van der Waals surface area contributed by atoms with Crippen molar-refractivity contribution in [1.29, 1.82) is 0 Å². The normalized spacial score (nSPS) is 21.0. The molecule has 1 aromatic heterocycles. The number of hydrogen-bond acceptors (Lipinski definition) is 2. The maximum atomic E-state index is 11.3. The molecule has 0 spiro atoms. The molecule has 2 fully saturated rings. The van der Waals surface area contributed by atoms with Gasteiger partial charge in [0.05, 0.1) is 11.7 Å². The summed E-state index contributed by atoms with van der Waals surface area (Å²) in [7, 11) is 0. The molecule has 0 aliphatic heterocycles. The second kappa shape index (κ2) is 4.02. The number of carboxylic acid groups (broad SMARTS) is 1. The molecule has 1 heterocycles. The Hall–Kier alpha value is -1.03. The molecule has 0 radical (unpaired) electrons. The molecule has 0 saturated heterocycles. The van der Waals surface area contributed by atoms with E-state index in [-0.39, 0.29) is 5.56 Å². The smallest absolute Gasteiger partial charge is 0.340 e. The van der Waals surface area contributed by atoms with E-state index in [2.05, 4.69) is 5.10 Å². The highest BCUT2D eigenvalue weighted by molar-refractivity contribution is 6.32. The third-order valence-corrected chi connectivity index (χ3v) is 4.09. The molecule has 92 valence electrons. The molecule has 4 nitrogen and oxygen atoms in total. The monoisotopic (exact) mass is 254 g/mol. The Labute approximate surface area is 105 Å². The highest BCUT2D eigenvalue weighted by atomic mass is 35.5. The molecule has 0 amide bonds. The van der Waals surface area contributed by atoms with Crippen molar-refractivity contribution in [3.63, 3.8) is 0 Å². The summed E-state index contributed by atoms with van der Waals surface area (Å²) in [4.78, 5) is 11.3. The molecule has 2 aliphatic carbocycles. The van der Waals surface area contributed by atoms with E-state index in [1.54, 1.807) is 4.68 Å². The van der Waals surface area contributed by atoms with E-state index in [1.807, 2.05) is 0 Å². The van der Waals surface area contributed by atoms with Crippen LogP contribution in [0.25, 0.3) is 0 Å². The number of halogens is 1. The van der Waals surface area contributed by atoms with Crippen LogP contribution in [-0.2, 0) is 0 Å². The second-order valence-corrected chi connectivity index (χ2v) is 5.37. The van der Waals surface area contributed by atoms with E-state index in [9.17, 15) is 9.90 Å². The Bertz CT molecular complexity index is 459. The molecule has 3 rings (SSSR count). The van der Waals surface area contributed by atoms with Crippen molar-refractivity contribution >= 4 is 17.6 Å². The van der Waals surface area contributed by atoms with Gasteiger partial charge in [0, 0.05) is 5.92 Å². The topological polar surface area (TPSA) is 55.1 Å². The van der Waals surface area contributed by atoms with Gasteiger partial charge in [-0.05, 0) is 25.7 Å². The van der Waals surface area contributed by atoms with Crippen molar-refractivity contribution < 1.29 is 9.90 Å². The van der Waals surface area contributed by atoms with Crippen LogP contribution < -0.4 is 0 Å². The summed E-state index contributed by atoms with van der Waals surface area (Å²) in [6.45, 7) is 0. The van der Waals surface area contributed by atoms with Crippen molar-refractivity contribution in [3.8, 4) is 0 Å². The van der Waals surface area contributed by atoms with E-state index in [0.717, 1.165) is 25.7 Å². The quantitative estimate of drug-likeness (QED) is 0.901. The minimum atomic E-state index is -0.943. The van der Waals surface area contributed by atoms with E-state index >= 15 is 0 Å². The molecule has 5 heteroatoms. The maximum absolute atomic E-state index is 11.3. The van der Waals surface area contributed by atoms with Crippen LogP contribution in [0.3, 0.4) is 0 Å². The summed E-state index contributed by atoms with van der Waals surface area (Å²) in [5.41, 5.74) is 0.940. The lowest BCUT2D eigenvalue weighted by molar-refractivity contribution is 0.0695. The number of carbonyl (C=O) groups is 1. The predicted molar refractivity (Wildman–Crippen MR) is 63.7 cm³/mol. The van der Waals surface area contributed by atoms with Gasteiger partial charge in [0.15, 0.2) is 0 Å². The van der Waals surface area contributed by atoms with Gasteiger partial charge >= 0.3 is 5.97 Å². The Kier molecular flexibility index (Phi) is 2.62. The van der Waals surface area contributed by atoms with Gasteiger partial charge in [-0.1, -0.05) is 24.4 Å². The molecular formula is C12H15ClN2O2. The fourth-order valence-corrected chi connectivity index (χ4v) is 3.01. The average molecular weight is 255 g/mol. The van der Waals surface area contributed by atoms with Gasteiger partial charge < -0.3 is 5.11 Å². The van der Waals surface area contributed by atoms with Gasteiger partial charge in [-0.2, -0.15) is 5.10 Å². The first-order valence-electron chi connectivity index (χ1n) is 6.19. The standard InChI is InChI=1S/C12H15ClN2O2/c13-11-9(12(16)17)10(7-5-6-7)14-15(11)8-3-1-2-4-8/h7-8H,1-6H2,(H,16,17). The van der Waals surface area contributed by atoms with Crippen LogP contribution in [-0.4, -0.2) is 20.9 Å². The van der Waals surface area contributed by atoms with Crippen LogP contribution in [0, 0.1) is 0 Å². The van der Waals surface area contributed by atoms with Gasteiger partial charge in [0.1, 0.15) is 10.7 Å². The lowest BCUT2D eigenvalue weighted by Crippen LogP contribution is -2.07. The summed E-state index contributed by atoms with van der Waals surface area (Å²) in [6, 6.07) is 0.299. The predicted octanol–water partition coefficient (Wildman–Crippen LogP) is 3.23. The number of aromatic carboxylic acids is 1. The molecule has 0 atom stereocenters. The fraction of sp³-hybridized carbons (Fsp3) is 0.667. The zero-order valence-electron chi connectivity index (χ0n) is 9.53. The Morgan fingerprint density at radius 3 is 2.47 bits per heavy atom. The summed E-state index contributed by atoms with van der Waals surface area (Å²) >= 11 is 6.20. The van der Waals surface area contributed by atoms with Crippen molar-refractivity contribution in [2.24, 2.45) is 0 Å². The van der Waals surface area contributed by atoms with Crippen molar-refractivity contribution in [3.05, 3.63) is 16.4 Å². The molecule has 1 aromatic rings. The van der Waals surface area contributed by atoms with Gasteiger partial charge in [-0.3, -0.25) is 0 Å². The largest absolute Gasteiger partial charge is 0.478 e. The van der Waals surface area contributed by atoms with Crippen molar-refractivity contribution in [2.75, 3.05) is 0 Å². The minimum Gasteiger partial charge on any atom is -0.478 e. The number of aromatic nitrogens is 2. The molecule has 0 unspecified atom stereocenters. The Morgan fingerprint density at radius 1 is 1.29 bits per heavy atom. The first-order valence-corrected chi connectivity index (χ1v) is 6.57. The molecule has 2 saturated carbocycles. The Morgan fingerprint density at radius 2 is 1.94 bits per heavy atom. The van der Waals surface area contributed by atoms with E-state index in [1.165, 1.54) is 12.8 Å². The maximum Gasteiger partial charge on any atom is 0.340 e. The van der Waals surface area contributed by atoms with Crippen LogP contribution in [0.2, 0.25) is 5.15 Å². The van der Waals surface area contributed by atoms with Crippen LogP contribution >= 0.6 is 11.6 Å². The molecule has 1 N–H and O–H groups in total. The minimum absolute atomic E-state index is 0.237. The number of nitrogens with zero attached hydrogens (tertiary/aromatic N) is 2. The highest BCUT2D eigenvalue weighted by Gasteiger charge is 2.35. The van der Waals surface area contributed by atoms with Gasteiger partial charge in [0.25, 0.3) is 0 Å². The van der Waals surface area contributed by atoms with Gasteiger partial charge in [0.2, 0.25) is 0 Å². The van der Waals surface area contributed by atoms with Crippen molar-refractivity contribution in [2.45, 2.75) is 50.5 Å². The number of rotatable bonds is 3. The average Bonchev–Trinajstić information content (AvgIpc) is 2.87. The summed E-state index contributed by atoms with van der Waals surface area (Å²) < 4.78 is 1.76. The zero-order chi connectivity index (χ0) is 12.0. The Balaban J connectivity index is 2.03. The van der Waals surface area contributed by atoms with Crippen LogP contribution in [0.1, 0.15) is 66.5 Å². The molecular weight excluding hydrogens is 240 g/mol. The fourth-order valence-electron chi connectivity index (χ4n) is 2.66. The van der Waals surface area contributed by atoms with Gasteiger partial charge in [-0.25, -0.2) is 9.48 Å². The molecule has 2 aliphatic rings. The molecule has 0 bridgehead atoms. The first-order chi connectivity index (χ1) is 8.18. The number of hydrogen-bond donors (Lipinski definition) is 1. The summed E-state index contributed by atoms with van der Waals surface area (Å²) in [5.74, 6) is -0.623.